The molecule has 0 spiro atoms. The van der Waals surface area contributed by atoms with Gasteiger partial charge in [-0.25, -0.2) is 0 Å². The summed E-state index contributed by atoms with van der Waals surface area (Å²) in [7, 11) is 1.95. The van der Waals surface area contributed by atoms with E-state index < -0.39 is 5.97 Å². The molecule has 3 fully saturated rings. The maximum absolute atomic E-state index is 10.9. The normalized spacial score (nSPS) is 41.6. The van der Waals surface area contributed by atoms with E-state index in [4.69, 9.17) is 5.11 Å². The highest BCUT2D eigenvalue weighted by Crippen LogP contribution is 2.38. The summed E-state index contributed by atoms with van der Waals surface area (Å²) in [5.74, 6) is -0.218. The quantitative estimate of drug-likeness (QED) is 0.635. The molecule has 0 aromatic carbocycles. The highest BCUT2D eigenvalue weighted by molar-refractivity contribution is 5.74. The Morgan fingerprint density at radius 1 is 1.33 bits per heavy atom. The number of likely N-dealkylation sites (N-methyl/N-ethyl adjacent to an activating group) is 1. The average Bonchev–Trinajstić information content (AvgIpc) is 2.05. The molecule has 0 aromatic rings. The predicted octanol–water partition coefficient (Wildman–Crippen LogP) is 0.944. The van der Waals surface area contributed by atoms with Gasteiger partial charge >= 0.3 is 5.97 Å². The van der Waals surface area contributed by atoms with Gasteiger partial charge in [-0.15, -0.1) is 0 Å². The molecule has 12 heavy (non-hydrogen) atoms. The van der Waals surface area contributed by atoms with Crippen LogP contribution in [0.1, 0.15) is 25.7 Å². The smallest absolute Gasteiger partial charge is 0.321 e. The van der Waals surface area contributed by atoms with Crippen molar-refractivity contribution in [3.63, 3.8) is 0 Å². The number of rotatable bonds is 1. The number of nitrogens with zero attached hydrogens (tertiary/aromatic N) is 1. The minimum absolute atomic E-state index is 0.197. The van der Waals surface area contributed by atoms with Crippen molar-refractivity contribution < 1.29 is 9.90 Å². The van der Waals surface area contributed by atoms with Gasteiger partial charge in [0.2, 0.25) is 0 Å². The highest BCUT2D eigenvalue weighted by Gasteiger charge is 2.43. The van der Waals surface area contributed by atoms with Crippen molar-refractivity contribution >= 4 is 5.97 Å². The van der Waals surface area contributed by atoms with Gasteiger partial charge in [0.25, 0.3) is 0 Å². The van der Waals surface area contributed by atoms with Crippen LogP contribution in [0.2, 0.25) is 0 Å². The molecule has 2 aliphatic heterocycles. The number of piperidine rings is 2. The summed E-state index contributed by atoms with van der Waals surface area (Å²) in [6, 6.07) is 0.341. The van der Waals surface area contributed by atoms with Gasteiger partial charge in [-0.2, -0.15) is 0 Å². The summed E-state index contributed by atoms with van der Waals surface area (Å²) in [6.45, 7) is 0. The first kappa shape index (κ1) is 8.05. The van der Waals surface area contributed by atoms with E-state index in [1.807, 2.05) is 7.05 Å². The van der Waals surface area contributed by atoms with E-state index in [2.05, 4.69) is 4.90 Å². The van der Waals surface area contributed by atoms with E-state index in [1.54, 1.807) is 0 Å². The molecule has 3 aliphatic rings. The lowest BCUT2D eigenvalue weighted by Crippen LogP contribution is -2.56. The van der Waals surface area contributed by atoms with E-state index in [0.29, 0.717) is 12.0 Å². The first-order chi connectivity index (χ1) is 5.70. The molecule has 2 saturated heterocycles. The van der Waals surface area contributed by atoms with Crippen LogP contribution in [0.4, 0.5) is 0 Å². The maximum atomic E-state index is 10.9. The van der Waals surface area contributed by atoms with Crippen LogP contribution in [0.25, 0.3) is 0 Å². The number of fused-ring (bicyclic) bond motifs is 3. The molecule has 2 heterocycles. The van der Waals surface area contributed by atoms with Crippen LogP contribution in [-0.2, 0) is 4.79 Å². The molecule has 3 nitrogen and oxygen atoms in total. The van der Waals surface area contributed by atoms with Gasteiger partial charge in [0.1, 0.15) is 6.04 Å². The molecule has 0 radical (unpaired) electrons. The van der Waals surface area contributed by atoms with Gasteiger partial charge in [0, 0.05) is 6.04 Å². The Morgan fingerprint density at radius 3 is 2.25 bits per heavy atom. The van der Waals surface area contributed by atoms with Gasteiger partial charge in [-0.1, -0.05) is 0 Å². The fourth-order valence-corrected chi connectivity index (χ4v) is 2.76. The fourth-order valence-electron chi connectivity index (χ4n) is 2.76. The lowest BCUT2D eigenvalue weighted by molar-refractivity contribution is -0.151. The summed E-state index contributed by atoms with van der Waals surface area (Å²) in [6.07, 6.45) is 4.63. The largest absolute Gasteiger partial charge is 0.480 e. The van der Waals surface area contributed by atoms with Gasteiger partial charge < -0.3 is 5.11 Å². The van der Waals surface area contributed by atoms with Gasteiger partial charge in [0.15, 0.2) is 0 Å². The molecule has 1 N–H and O–H groups in total. The average molecular weight is 169 g/mol. The highest BCUT2D eigenvalue weighted by atomic mass is 16.4. The lowest BCUT2D eigenvalue weighted by Gasteiger charge is -2.47. The monoisotopic (exact) mass is 169 g/mol. The standard InChI is InChI=1S/C9H15NO2/c1-10-7-4-2-6(3-5-7)8(10)9(11)12/h6-8H,2-5H2,1H3,(H,11,12)/t6-,7+,8-/m1/s1. The molecule has 1 aliphatic carbocycles. The molecule has 0 aromatic heterocycles. The molecular formula is C9H15NO2. The minimum Gasteiger partial charge on any atom is -0.480 e. The third-order valence-corrected chi connectivity index (χ3v) is 3.46. The van der Waals surface area contributed by atoms with Crippen molar-refractivity contribution in [1.82, 2.24) is 4.90 Å². The Hall–Kier alpha value is -0.570. The molecule has 0 unspecified atom stereocenters. The van der Waals surface area contributed by atoms with Crippen molar-refractivity contribution in [2.24, 2.45) is 5.92 Å². The predicted molar refractivity (Wildman–Crippen MR) is 44.9 cm³/mol. The van der Waals surface area contributed by atoms with Crippen molar-refractivity contribution in [3.8, 4) is 0 Å². The Kier molecular flexibility index (Phi) is 1.83. The van der Waals surface area contributed by atoms with E-state index in [-0.39, 0.29) is 6.04 Å². The number of hydrogen-bond donors (Lipinski definition) is 1. The molecule has 2 bridgehead atoms. The number of carbonyl (C=O) groups is 1. The Bertz CT molecular complexity index is 195. The molecular weight excluding hydrogens is 154 g/mol. The van der Waals surface area contributed by atoms with E-state index in [0.717, 1.165) is 12.8 Å². The van der Waals surface area contributed by atoms with Crippen LogP contribution in [0.15, 0.2) is 0 Å². The second-order valence-electron chi connectivity index (χ2n) is 4.02. The van der Waals surface area contributed by atoms with Gasteiger partial charge in [-0.05, 0) is 38.6 Å². The maximum Gasteiger partial charge on any atom is 0.321 e. The van der Waals surface area contributed by atoms with E-state index >= 15 is 0 Å². The molecule has 0 amide bonds. The van der Waals surface area contributed by atoms with Crippen molar-refractivity contribution in [3.05, 3.63) is 0 Å². The van der Waals surface area contributed by atoms with Gasteiger partial charge in [0.05, 0.1) is 0 Å². The van der Waals surface area contributed by atoms with E-state index in [9.17, 15) is 4.79 Å². The Labute approximate surface area is 72.4 Å². The zero-order valence-electron chi connectivity index (χ0n) is 7.36. The summed E-state index contributed by atoms with van der Waals surface area (Å²) < 4.78 is 0. The molecule has 3 rings (SSSR count). The lowest BCUT2D eigenvalue weighted by atomic mass is 9.75. The molecule has 1 atom stereocenters. The first-order valence-electron chi connectivity index (χ1n) is 4.65. The minimum atomic E-state index is -0.632. The number of carboxylic acids is 1. The third-order valence-electron chi connectivity index (χ3n) is 3.46. The first-order valence-corrected chi connectivity index (χ1v) is 4.65. The second kappa shape index (κ2) is 2.73. The van der Waals surface area contributed by atoms with Gasteiger partial charge in [-0.3, -0.25) is 9.69 Å². The number of aliphatic carboxylic acids is 1. The Morgan fingerprint density at radius 2 is 1.92 bits per heavy atom. The summed E-state index contributed by atoms with van der Waals surface area (Å²) in [4.78, 5) is 13.0. The van der Waals surface area contributed by atoms with Crippen LogP contribution in [0.5, 0.6) is 0 Å². The van der Waals surface area contributed by atoms with Crippen LogP contribution in [0.3, 0.4) is 0 Å². The van der Waals surface area contributed by atoms with E-state index in [1.165, 1.54) is 12.8 Å². The summed E-state index contributed by atoms with van der Waals surface area (Å²) >= 11 is 0. The fraction of sp³-hybridized carbons (Fsp3) is 0.889. The van der Waals surface area contributed by atoms with Crippen molar-refractivity contribution in [2.75, 3.05) is 7.05 Å². The second-order valence-corrected chi connectivity index (χ2v) is 4.02. The number of hydrogen-bond acceptors (Lipinski definition) is 2. The molecule has 1 saturated carbocycles. The summed E-state index contributed by atoms with van der Waals surface area (Å²) in [5.41, 5.74) is 0. The summed E-state index contributed by atoms with van der Waals surface area (Å²) in [5, 5.41) is 8.99. The van der Waals surface area contributed by atoms with Crippen LogP contribution in [-0.4, -0.2) is 35.1 Å². The molecule has 68 valence electrons. The van der Waals surface area contributed by atoms with Crippen molar-refractivity contribution in [2.45, 2.75) is 37.8 Å². The third kappa shape index (κ3) is 1.04. The van der Waals surface area contributed by atoms with Crippen molar-refractivity contribution in [1.29, 1.82) is 0 Å². The zero-order chi connectivity index (χ0) is 8.72. The number of carboxylic acid groups (broad SMARTS) is 1. The van der Waals surface area contributed by atoms with Crippen LogP contribution >= 0.6 is 0 Å². The Balaban J connectivity index is 2.18. The van der Waals surface area contributed by atoms with Crippen LogP contribution < -0.4 is 0 Å². The SMILES string of the molecule is CN1[C@H]2CC[C@H](CC2)[C@@H]1C(=O)O. The molecule has 3 heteroatoms. The topological polar surface area (TPSA) is 40.5 Å². The van der Waals surface area contributed by atoms with Crippen LogP contribution in [0, 0.1) is 5.92 Å². The zero-order valence-corrected chi connectivity index (χ0v) is 7.36.